The van der Waals surface area contributed by atoms with Gasteiger partial charge >= 0.3 is 5.97 Å². The van der Waals surface area contributed by atoms with Gasteiger partial charge in [-0.3, -0.25) is 4.79 Å². The van der Waals surface area contributed by atoms with E-state index in [0.717, 1.165) is 23.7 Å². The predicted octanol–water partition coefficient (Wildman–Crippen LogP) is 2.19. The molecule has 0 N–H and O–H groups in total. The Hall–Kier alpha value is -2.68. The molecule has 1 aliphatic rings. The molecule has 3 rings (SSSR count). The third kappa shape index (κ3) is 4.84. The van der Waals surface area contributed by atoms with Crippen molar-refractivity contribution < 1.29 is 22.3 Å². The molecule has 1 unspecified atom stereocenters. The minimum Gasteiger partial charge on any atom is -0.469 e. The zero-order chi connectivity index (χ0) is 21.2. The summed E-state index contributed by atoms with van der Waals surface area (Å²) < 4.78 is 42.5. The number of carbonyl (C=O) groups excluding carboxylic acids is 1. The van der Waals surface area contributed by atoms with Gasteiger partial charge in [-0.1, -0.05) is 6.07 Å². The molecule has 1 aromatic carbocycles. The van der Waals surface area contributed by atoms with Gasteiger partial charge in [-0.15, -0.1) is 0 Å². The van der Waals surface area contributed by atoms with E-state index in [2.05, 4.69) is 4.98 Å². The van der Waals surface area contributed by atoms with Gasteiger partial charge in [0, 0.05) is 37.8 Å². The summed E-state index contributed by atoms with van der Waals surface area (Å²) in [7, 11) is -2.34. The van der Waals surface area contributed by atoms with Crippen molar-refractivity contribution in [1.82, 2.24) is 4.98 Å². The molecule has 0 amide bonds. The summed E-state index contributed by atoms with van der Waals surface area (Å²) in [4.78, 5) is 20.1. The molecule has 7 nitrogen and oxygen atoms in total. The average molecular weight is 421 g/mol. The van der Waals surface area contributed by atoms with Gasteiger partial charge in [0.1, 0.15) is 16.5 Å². The predicted molar refractivity (Wildman–Crippen MR) is 108 cm³/mol. The van der Waals surface area contributed by atoms with Crippen LogP contribution < -0.4 is 9.80 Å². The summed E-state index contributed by atoms with van der Waals surface area (Å²) in [6.07, 6.45) is 2.91. The quantitative estimate of drug-likeness (QED) is 0.685. The van der Waals surface area contributed by atoms with Gasteiger partial charge in [0.05, 0.1) is 19.6 Å². The van der Waals surface area contributed by atoms with Crippen LogP contribution in [0.25, 0.3) is 0 Å². The number of piperazine rings is 1. The Labute approximate surface area is 170 Å². The van der Waals surface area contributed by atoms with Gasteiger partial charge in [-0.05, 0) is 36.8 Å². The molecule has 1 aromatic heterocycles. The standard InChI is InChI=1S/C20H24FN3O4S/c1-14-4-7-19(22-12-14)24-9-8-23(13-16(24)11-20(25)28-2)15-5-6-17(21)18(10-15)29(3,26)27/h4-7,10,12,16H,8-9,11,13H2,1-3H3. The van der Waals surface area contributed by atoms with Crippen LogP contribution in [-0.4, -0.2) is 58.4 Å². The number of methoxy groups -OCH3 is 1. The lowest BCUT2D eigenvalue weighted by molar-refractivity contribution is -0.141. The van der Waals surface area contributed by atoms with E-state index in [9.17, 15) is 17.6 Å². The van der Waals surface area contributed by atoms with Crippen molar-refractivity contribution in [1.29, 1.82) is 0 Å². The zero-order valence-corrected chi connectivity index (χ0v) is 17.4. The second-order valence-electron chi connectivity index (χ2n) is 7.15. The topological polar surface area (TPSA) is 79.8 Å². The second kappa shape index (κ2) is 8.36. The Bertz CT molecular complexity index is 995. The number of hydrogen-bond donors (Lipinski definition) is 0. The smallest absolute Gasteiger partial charge is 0.307 e. The van der Waals surface area contributed by atoms with Crippen LogP contribution in [0, 0.1) is 12.7 Å². The molecule has 29 heavy (non-hydrogen) atoms. The van der Waals surface area contributed by atoms with Gasteiger partial charge in [0.25, 0.3) is 0 Å². The third-order valence-corrected chi connectivity index (χ3v) is 6.09. The van der Waals surface area contributed by atoms with Gasteiger partial charge in [-0.2, -0.15) is 0 Å². The van der Waals surface area contributed by atoms with Crippen molar-refractivity contribution in [3.05, 3.63) is 47.9 Å². The largest absolute Gasteiger partial charge is 0.469 e. The number of hydrogen-bond acceptors (Lipinski definition) is 7. The van der Waals surface area contributed by atoms with E-state index in [4.69, 9.17) is 4.74 Å². The molecule has 2 aromatic rings. The van der Waals surface area contributed by atoms with E-state index >= 15 is 0 Å². The highest BCUT2D eigenvalue weighted by molar-refractivity contribution is 7.90. The van der Waals surface area contributed by atoms with E-state index in [0.29, 0.717) is 25.3 Å². The second-order valence-corrected chi connectivity index (χ2v) is 9.14. The number of nitrogens with zero attached hydrogens (tertiary/aromatic N) is 3. The lowest BCUT2D eigenvalue weighted by Crippen LogP contribution is -2.54. The van der Waals surface area contributed by atoms with Crippen molar-refractivity contribution in [3.8, 4) is 0 Å². The van der Waals surface area contributed by atoms with Crippen LogP contribution in [0.4, 0.5) is 15.9 Å². The summed E-state index contributed by atoms with van der Waals surface area (Å²) in [6.45, 7) is 3.54. The van der Waals surface area contributed by atoms with Gasteiger partial charge in [0.2, 0.25) is 0 Å². The Morgan fingerprint density at radius 3 is 2.66 bits per heavy atom. The monoisotopic (exact) mass is 421 g/mol. The van der Waals surface area contributed by atoms with E-state index in [-0.39, 0.29) is 23.3 Å². The lowest BCUT2D eigenvalue weighted by atomic mass is 10.1. The maximum absolute atomic E-state index is 14.0. The lowest BCUT2D eigenvalue weighted by Gasteiger charge is -2.43. The summed E-state index contributed by atoms with van der Waals surface area (Å²) >= 11 is 0. The highest BCUT2D eigenvalue weighted by atomic mass is 32.2. The first-order valence-electron chi connectivity index (χ1n) is 9.19. The first-order valence-corrected chi connectivity index (χ1v) is 11.1. The Balaban J connectivity index is 1.89. The van der Waals surface area contributed by atoms with Gasteiger partial charge in [-0.25, -0.2) is 17.8 Å². The summed E-state index contributed by atoms with van der Waals surface area (Å²) in [5.74, 6) is -0.352. The van der Waals surface area contributed by atoms with Crippen molar-refractivity contribution in [2.45, 2.75) is 24.3 Å². The Morgan fingerprint density at radius 2 is 2.03 bits per heavy atom. The van der Waals surface area contributed by atoms with Crippen molar-refractivity contribution in [2.75, 3.05) is 42.8 Å². The molecule has 9 heteroatoms. The molecule has 0 saturated carbocycles. The van der Waals surface area contributed by atoms with Crippen LogP contribution in [0.5, 0.6) is 0 Å². The number of benzene rings is 1. The molecule has 2 heterocycles. The molecular weight excluding hydrogens is 397 g/mol. The number of carbonyl (C=O) groups is 1. The van der Waals surface area contributed by atoms with Crippen molar-refractivity contribution in [2.24, 2.45) is 0 Å². The number of aromatic nitrogens is 1. The number of halogens is 1. The minimum atomic E-state index is -3.69. The van der Waals surface area contributed by atoms with Crippen LogP contribution in [0.2, 0.25) is 0 Å². The summed E-state index contributed by atoms with van der Waals surface area (Å²) in [6, 6.07) is 7.71. The highest BCUT2D eigenvalue weighted by Crippen LogP contribution is 2.27. The molecule has 0 bridgehead atoms. The summed E-state index contributed by atoms with van der Waals surface area (Å²) in [5, 5.41) is 0. The molecule has 0 aliphatic carbocycles. The number of rotatable bonds is 5. The van der Waals surface area contributed by atoms with E-state index in [1.54, 1.807) is 12.3 Å². The maximum atomic E-state index is 14.0. The Morgan fingerprint density at radius 1 is 1.28 bits per heavy atom. The average Bonchev–Trinajstić information content (AvgIpc) is 2.68. The first kappa shape index (κ1) is 21.0. The molecule has 1 fully saturated rings. The fraction of sp³-hybridized carbons (Fsp3) is 0.400. The SMILES string of the molecule is COC(=O)CC1CN(c2ccc(F)c(S(C)(=O)=O)c2)CCN1c1ccc(C)cn1. The molecular formula is C20H24FN3O4S. The van der Waals surface area contributed by atoms with E-state index in [1.165, 1.54) is 13.2 Å². The number of aryl methyl sites for hydroxylation is 1. The van der Waals surface area contributed by atoms with Crippen molar-refractivity contribution >= 4 is 27.3 Å². The van der Waals surface area contributed by atoms with Crippen LogP contribution in [-0.2, 0) is 19.4 Å². The Kier molecular flexibility index (Phi) is 6.07. The number of esters is 1. The molecule has 0 spiro atoms. The number of anilines is 2. The van der Waals surface area contributed by atoms with Gasteiger partial charge in [0.15, 0.2) is 9.84 Å². The zero-order valence-electron chi connectivity index (χ0n) is 16.6. The van der Waals surface area contributed by atoms with Crippen LogP contribution in [0.15, 0.2) is 41.4 Å². The third-order valence-electron chi connectivity index (χ3n) is 4.98. The normalized spacial score (nSPS) is 17.3. The van der Waals surface area contributed by atoms with Crippen LogP contribution in [0.3, 0.4) is 0 Å². The number of pyridine rings is 1. The fourth-order valence-electron chi connectivity index (χ4n) is 3.44. The maximum Gasteiger partial charge on any atom is 0.307 e. The summed E-state index contributed by atoms with van der Waals surface area (Å²) in [5.41, 5.74) is 1.63. The van der Waals surface area contributed by atoms with Crippen LogP contribution in [0.1, 0.15) is 12.0 Å². The van der Waals surface area contributed by atoms with Crippen molar-refractivity contribution in [3.63, 3.8) is 0 Å². The van der Waals surface area contributed by atoms with Crippen LogP contribution >= 0.6 is 0 Å². The fourth-order valence-corrected chi connectivity index (χ4v) is 4.20. The molecule has 1 aliphatic heterocycles. The molecule has 1 atom stereocenters. The number of sulfone groups is 1. The highest BCUT2D eigenvalue weighted by Gasteiger charge is 2.31. The minimum absolute atomic E-state index is 0.155. The van der Waals surface area contributed by atoms with E-state index in [1.807, 2.05) is 28.9 Å². The first-order chi connectivity index (χ1) is 13.7. The molecule has 1 saturated heterocycles. The van der Waals surface area contributed by atoms with E-state index < -0.39 is 15.7 Å². The van der Waals surface area contributed by atoms with Gasteiger partial charge < -0.3 is 14.5 Å². The molecule has 0 radical (unpaired) electrons. The molecule has 156 valence electrons. The number of ether oxygens (including phenoxy) is 1.